The molecule has 0 bridgehead atoms. The molecule has 0 aliphatic rings. The van der Waals surface area contributed by atoms with Gasteiger partial charge in [-0.05, 0) is 23.4 Å². The van der Waals surface area contributed by atoms with Crippen molar-refractivity contribution < 1.29 is 5.11 Å². The normalized spacial score (nSPS) is 15.0. The lowest BCUT2D eigenvalue weighted by atomic mass is 10.1. The van der Waals surface area contributed by atoms with E-state index in [1.54, 1.807) is 31.5 Å². The van der Waals surface area contributed by atoms with Gasteiger partial charge in [0.1, 0.15) is 6.33 Å². The lowest BCUT2D eigenvalue weighted by molar-refractivity contribution is 0.0106. The lowest BCUT2D eigenvalue weighted by Crippen LogP contribution is -2.31. The van der Waals surface area contributed by atoms with E-state index in [1.807, 2.05) is 0 Å². The maximum absolute atomic E-state index is 10.1. The molecule has 0 saturated heterocycles. The van der Waals surface area contributed by atoms with Crippen LogP contribution >= 0.6 is 0 Å². The Morgan fingerprint density at radius 1 is 1.50 bits per heavy atom. The average molecular weight is 191 g/mol. The standard InChI is InChI=1S/C8H9N5O/c1-8(14,13-6-10-11-12-13)7-3-2-4-9-5-7/h2-6,14H,1H3. The van der Waals surface area contributed by atoms with Crippen molar-refractivity contribution >= 4 is 0 Å². The molecule has 1 unspecified atom stereocenters. The first kappa shape index (κ1) is 8.76. The van der Waals surface area contributed by atoms with Crippen LogP contribution in [0.2, 0.25) is 0 Å². The highest BCUT2D eigenvalue weighted by molar-refractivity contribution is 5.16. The minimum atomic E-state index is -1.27. The average Bonchev–Trinajstić information content (AvgIpc) is 2.72. The quantitative estimate of drug-likeness (QED) is 0.710. The molecule has 72 valence electrons. The molecule has 6 heteroatoms. The van der Waals surface area contributed by atoms with Crippen LogP contribution < -0.4 is 0 Å². The van der Waals surface area contributed by atoms with Crippen molar-refractivity contribution in [2.45, 2.75) is 12.6 Å². The van der Waals surface area contributed by atoms with Gasteiger partial charge < -0.3 is 5.11 Å². The van der Waals surface area contributed by atoms with Gasteiger partial charge in [-0.1, -0.05) is 6.07 Å². The van der Waals surface area contributed by atoms with E-state index in [4.69, 9.17) is 0 Å². The second kappa shape index (κ2) is 3.15. The monoisotopic (exact) mass is 191 g/mol. The van der Waals surface area contributed by atoms with Crippen molar-refractivity contribution in [2.75, 3.05) is 0 Å². The Bertz CT molecular complexity index is 397. The molecule has 0 radical (unpaired) electrons. The first-order valence-electron chi connectivity index (χ1n) is 4.07. The molecule has 2 aromatic heterocycles. The van der Waals surface area contributed by atoms with Crippen molar-refractivity contribution in [1.29, 1.82) is 0 Å². The Morgan fingerprint density at radius 2 is 2.36 bits per heavy atom. The minimum absolute atomic E-state index is 0.632. The topological polar surface area (TPSA) is 76.7 Å². The van der Waals surface area contributed by atoms with Gasteiger partial charge >= 0.3 is 0 Å². The number of pyridine rings is 1. The number of rotatable bonds is 2. The van der Waals surface area contributed by atoms with Crippen LogP contribution in [0.25, 0.3) is 0 Å². The van der Waals surface area contributed by atoms with E-state index in [0.29, 0.717) is 5.56 Å². The molecule has 0 aromatic carbocycles. The zero-order valence-electron chi connectivity index (χ0n) is 7.57. The van der Waals surface area contributed by atoms with Gasteiger partial charge in [0.2, 0.25) is 0 Å². The molecule has 14 heavy (non-hydrogen) atoms. The van der Waals surface area contributed by atoms with E-state index < -0.39 is 5.72 Å². The van der Waals surface area contributed by atoms with Crippen LogP contribution in [0.1, 0.15) is 12.5 Å². The summed E-state index contributed by atoms with van der Waals surface area (Å²) in [5.74, 6) is 0. The molecule has 1 atom stereocenters. The van der Waals surface area contributed by atoms with Gasteiger partial charge in [0.05, 0.1) is 0 Å². The highest BCUT2D eigenvalue weighted by atomic mass is 16.3. The van der Waals surface area contributed by atoms with Gasteiger partial charge in [0, 0.05) is 18.0 Å². The molecule has 0 fully saturated rings. The molecule has 2 aromatic rings. The van der Waals surface area contributed by atoms with Gasteiger partial charge in [-0.2, -0.15) is 4.68 Å². The molecule has 2 heterocycles. The third-order valence-corrected chi connectivity index (χ3v) is 2.00. The van der Waals surface area contributed by atoms with E-state index in [0.717, 1.165) is 0 Å². The molecule has 1 N–H and O–H groups in total. The number of nitrogens with zero attached hydrogens (tertiary/aromatic N) is 5. The molecule has 0 aliphatic heterocycles. The summed E-state index contributed by atoms with van der Waals surface area (Å²) in [5, 5.41) is 20.7. The molecule has 0 spiro atoms. The summed E-state index contributed by atoms with van der Waals surface area (Å²) in [6, 6.07) is 3.50. The maximum Gasteiger partial charge on any atom is 0.186 e. The molecule has 6 nitrogen and oxygen atoms in total. The van der Waals surface area contributed by atoms with Crippen LogP contribution in [0.5, 0.6) is 0 Å². The molecule has 2 rings (SSSR count). The number of aliphatic hydroxyl groups is 1. The van der Waals surface area contributed by atoms with Gasteiger partial charge in [-0.3, -0.25) is 4.98 Å². The van der Waals surface area contributed by atoms with Crippen LogP contribution in [0.15, 0.2) is 30.9 Å². The summed E-state index contributed by atoms with van der Waals surface area (Å²) in [6.45, 7) is 1.60. The summed E-state index contributed by atoms with van der Waals surface area (Å²) in [7, 11) is 0. The number of aromatic nitrogens is 5. The number of hydrogen-bond donors (Lipinski definition) is 1. The van der Waals surface area contributed by atoms with Crippen LogP contribution in [0.4, 0.5) is 0 Å². The maximum atomic E-state index is 10.1. The Kier molecular flexibility index (Phi) is 1.97. The second-order valence-electron chi connectivity index (χ2n) is 3.02. The van der Waals surface area contributed by atoms with Crippen molar-refractivity contribution in [2.24, 2.45) is 0 Å². The summed E-state index contributed by atoms with van der Waals surface area (Å²) >= 11 is 0. The van der Waals surface area contributed by atoms with Crippen LogP contribution in [-0.4, -0.2) is 30.3 Å². The SMILES string of the molecule is CC(O)(c1cccnc1)n1cnnn1. The zero-order chi connectivity index (χ0) is 10.0. The van der Waals surface area contributed by atoms with Crippen molar-refractivity contribution in [3.05, 3.63) is 36.4 Å². The highest BCUT2D eigenvalue weighted by Gasteiger charge is 2.26. The van der Waals surface area contributed by atoms with Crippen LogP contribution in [0, 0.1) is 0 Å². The van der Waals surface area contributed by atoms with Gasteiger partial charge in [-0.25, -0.2) is 0 Å². The van der Waals surface area contributed by atoms with Crippen molar-refractivity contribution in [3.63, 3.8) is 0 Å². The fourth-order valence-electron chi connectivity index (χ4n) is 1.14. The zero-order valence-corrected chi connectivity index (χ0v) is 7.57. The Morgan fingerprint density at radius 3 is 2.93 bits per heavy atom. The van der Waals surface area contributed by atoms with Gasteiger partial charge in [0.15, 0.2) is 5.72 Å². The Labute approximate surface area is 80.2 Å². The largest absolute Gasteiger partial charge is 0.365 e. The number of hydrogen-bond acceptors (Lipinski definition) is 5. The first-order valence-corrected chi connectivity index (χ1v) is 4.07. The van der Waals surface area contributed by atoms with Gasteiger partial charge in [-0.15, -0.1) is 5.10 Å². The van der Waals surface area contributed by atoms with Crippen LogP contribution in [-0.2, 0) is 5.72 Å². The van der Waals surface area contributed by atoms with Crippen molar-refractivity contribution in [3.8, 4) is 0 Å². The fourth-order valence-corrected chi connectivity index (χ4v) is 1.14. The Balaban J connectivity index is 2.43. The third kappa shape index (κ3) is 1.35. The predicted molar refractivity (Wildman–Crippen MR) is 47.0 cm³/mol. The van der Waals surface area contributed by atoms with E-state index in [-0.39, 0.29) is 0 Å². The predicted octanol–water partition coefficient (Wildman–Crippen LogP) is -0.219. The summed E-state index contributed by atoms with van der Waals surface area (Å²) < 4.78 is 1.27. The highest BCUT2D eigenvalue weighted by Crippen LogP contribution is 2.19. The Hall–Kier alpha value is -1.82. The van der Waals surface area contributed by atoms with E-state index in [9.17, 15) is 5.11 Å². The molecular weight excluding hydrogens is 182 g/mol. The summed E-state index contributed by atoms with van der Waals surface area (Å²) in [6.07, 6.45) is 4.56. The molecule has 0 amide bonds. The third-order valence-electron chi connectivity index (χ3n) is 2.00. The van der Waals surface area contributed by atoms with E-state index in [2.05, 4.69) is 20.5 Å². The van der Waals surface area contributed by atoms with E-state index >= 15 is 0 Å². The minimum Gasteiger partial charge on any atom is -0.365 e. The molecule has 0 aliphatic carbocycles. The summed E-state index contributed by atoms with van der Waals surface area (Å²) in [4.78, 5) is 3.92. The van der Waals surface area contributed by atoms with Crippen LogP contribution in [0.3, 0.4) is 0 Å². The summed E-state index contributed by atoms with van der Waals surface area (Å²) in [5.41, 5.74) is -0.634. The lowest BCUT2D eigenvalue weighted by Gasteiger charge is -2.21. The fraction of sp³-hybridized carbons (Fsp3) is 0.250. The first-order chi connectivity index (χ1) is 6.71. The van der Waals surface area contributed by atoms with E-state index in [1.165, 1.54) is 11.0 Å². The van der Waals surface area contributed by atoms with Crippen molar-refractivity contribution in [1.82, 2.24) is 25.2 Å². The molecule has 0 saturated carbocycles. The smallest absolute Gasteiger partial charge is 0.186 e. The molecular formula is C8H9N5O. The number of tetrazole rings is 1. The van der Waals surface area contributed by atoms with Gasteiger partial charge in [0.25, 0.3) is 0 Å². The second-order valence-corrected chi connectivity index (χ2v) is 3.02.